The van der Waals surface area contributed by atoms with E-state index in [9.17, 15) is 9.90 Å². The maximum absolute atomic E-state index is 13.0. The summed E-state index contributed by atoms with van der Waals surface area (Å²) in [5.41, 5.74) is 6.47. The minimum atomic E-state index is -0.242. The Morgan fingerprint density at radius 3 is 2.26 bits per heavy atom. The van der Waals surface area contributed by atoms with Gasteiger partial charge in [-0.1, -0.05) is 73.7 Å². The molecule has 0 fully saturated rings. The molecule has 0 heterocycles. The number of rotatable bonds is 8. The largest absolute Gasteiger partial charge is 0.506 e. The molecule has 0 aromatic heterocycles. The fourth-order valence-corrected chi connectivity index (χ4v) is 4.09. The zero-order chi connectivity index (χ0) is 23.9. The zero-order valence-corrected chi connectivity index (χ0v) is 19.7. The SMILES string of the molecule is CCc1cc(C(=O)Nc2cc(-c3ccccc3)ccc2O)ccc1N(C)CCc1ccccc1. The van der Waals surface area contributed by atoms with Gasteiger partial charge in [0.2, 0.25) is 0 Å². The molecule has 0 unspecified atom stereocenters. The minimum absolute atomic E-state index is 0.0426. The molecule has 172 valence electrons. The average Bonchev–Trinajstić information content (AvgIpc) is 2.89. The van der Waals surface area contributed by atoms with Crippen LogP contribution in [0.4, 0.5) is 11.4 Å². The molecule has 4 aromatic rings. The molecule has 0 spiro atoms. The Morgan fingerprint density at radius 2 is 1.56 bits per heavy atom. The van der Waals surface area contributed by atoms with Gasteiger partial charge in [-0.2, -0.15) is 0 Å². The number of phenolic OH excluding ortho intramolecular Hbond substituents is 1. The van der Waals surface area contributed by atoms with Crippen LogP contribution in [0.1, 0.15) is 28.4 Å². The number of amides is 1. The van der Waals surface area contributed by atoms with Crippen LogP contribution in [-0.4, -0.2) is 24.6 Å². The second-order valence-electron chi connectivity index (χ2n) is 8.41. The lowest BCUT2D eigenvalue weighted by Gasteiger charge is -2.23. The standard InChI is InChI=1S/C30H30N2O2/c1-3-23-20-26(14-16-28(23)32(2)19-18-22-10-6-4-7-11-22)30(34)31-27-21-25(15-17-29(27)33)24-12-8-5-9-13-24/h4-17,20-21,33H,3,18-19H2,1-2H3,(H,31,34). The number of aromatic hydroxyl groups is 1. The van der Waals surface area contributed by atoms with E-state index in [2.05, 4.69) is 48.5 Å². The Bertz CT molecular complexity index is 1250. The molecule has 4 heteroatoms. The number of hydrogen-bond acceptors (Lipinski definition) is 3. The number of anilines is 2. The molecule has 0 aliphatic rings. The van der Waals surface area contributed by atoms with Crippen LogP contribution in [-0.2, 0) is 12.8 Å². The summed E-state index contributed by atoms with van der Waals surface area (Å²) in [5.74, 6) is -0.199. The molecule has 0 aliphatic carbocycles. The van der Waals surface area contributed by atoms with Gasteiger partial charge in [-0.3, -0.25) is 4.79 Å². The molecule has 0 bridgehead atoms. The predicted octanol–water partition coefficient (Wildman–Crippen LogP) is 6.55. The van der Waals surface area contributed by atoms with Crippen molar-refractivity contribution in [3.63, 3.8) is 0 Å². The van der Waals surface area contributed by atoms with Crippen molar-refractivity contribution in [2.75, 3.05) is 23.8 Å². The monoisotopic (exact) mass is 450 g/mol. The number of carbonyl (C=O) groups is 1. The van der Waals surface area contributed by atoms with Crippen molar-refractivity contribution in [3.8, 4) is 16.9 Å². The number of phenols is 1. The minimum Gasteiger partial charge on any atom is -0.506 e. The molecule has 4 aromatic carbocycles. The number of carbonyl (C=O) groups excluding carboxylic acids is 1. The molecule has 4 nitrogen and oxygen atoms in total. The van der Waals surface area contributed by atoms with E-state index in [1.807, 2.05) is 60.7 Å². The van der Waals surface area contributed by atoms with Gasteiger partial charge in [0.05, 0.1) is 5.69 Å². The highest BCUT2D eigenvalue weighted by Gasteiger charge is 2.14. The van der Waals surface area contributed by atoms with Gasteiger partial charge in [-0.05, 0) is 65.4 Å². The molecule has 0 saturated heterocycles. The van der Waals surface area contributed by atoms with Crippen LogP contribution in [0.15, 0.2) is 97.1 Å². The lowest BCUT2D eigenvalue weighted by Crippen LogP contribution is -2.22. The van der Waals surface area contributed by atoms with Crippen molar-refractivity contribution in [2.45, 2.75) is 19.8 Å². The number of benzene rings is 4. The molecule has 1 amide bonds. The number of likely N-dealkylation sites (N-methyl/N-ethyl adjacent to an activating group) is 1. The Labute approximate surface area is 201 Å². The number of nitrogens with zero attached hydrogens (tertiary/aromatic N) is 1. The first-order valence-corrected chi connectivity index (χ1v) is 11.6. The molecular weight excluding hydrogens is 420 g/mol. The highest BCUT2D eigenvalue weighted by atomic mass is 16.3. The van der Waals surface area contributed by atoms with Crippen LogP contribution in [0.25, 0.3) is 11.1 Å². The van der Waals surface area contributed by atoms with Crippen LogP contribution in [0.3, 0.4) is 0 Å². The third kappa shape index (κ3) is 5.46. The maximum atomic E-state index is 13.0. The quantitative estimate of drug-likeness (QED) is 0.299. The molecule has 34 heavy (non-hydrogen) atoms. The average molecular weight is 451 g/mol. The topological polar surface area (TPSA) is 52.6 Å². The molecular formula is C30H30N2O2. The lowest BCUT2D eigenvalue weighted by atomic mass is 10.0. The molecule has 0 radical (unpaired) electrons. The van der Waals surface area contributed by atoms with E-state index >= 15 is 0 Å². The summed E-state index contributed by atoms with van der Waals surface area (Å²) >= 11 is 0. The first-order valence-electron chi connectivity index (χ1n) is 11.6. The van der Waals surface area contributed by atoms with E-state index in [1.54, 1.807) is 12.1 Å². The van der Waals surface area contributed by atoms with Crippen molar-refractivity contribution >= 4 is 17.3 Å². The summed E-state index contributed by atoms with van der Waals surface area (Å²) in [6.45, 7) is 2.99. The molecule has 0 aliphatic heterocycles. The van der Waals surface area contributed by atoms with Crippen molar-refractivity contribution in [3.05, 3.63) is 114 Å². The third-order valence-corrected chi connectivity index (χ3v) is 6.06. The molecule has 2 N–H and O–H groups in total. The van der Waals surface area contributed by atoms with E-state index in [0.717, 1.165) is 41.8 Å². The first kappa shape index (κ1) is 23.1. The Morgan fingerprint density at radius 1 is 0.853 bits per heavy atom. The zero-order valence-electron chi connectivity index (χ0n) is 19.7. The van der Waals surface area contributed by atoms with Gasteiger partial charge in [0, 0.05) is 24.8 Å². The van der Waals surface area contributed by atoms with Gasteiger partial charge in [0.25, 0.3) is 5.91 Å². The van der Waals surface area contributed by atoms with Gasteiger partial charge in [0.15, 0.2) is 0 Å². The van der Waals surface area contributed by atoms with Gasteiger partial charge in [0.1, 0.15) is 5.75 Å². The van der Waals surface area contributed by atoms with E-state index in [4.69, 9.17) is 0 Å². The number of hydrogen-bond donors (Lipinski definition) is 2. The van der Waals surface area contributed by atoms with Crippen LogP contribution >= 0.6 is 0 Å². The summed E-state index contributed by atoms with van der Waals surface area (Å²) in [4.78, 5) is 15.3. The Balaban J connectivity index is 1.49. The lowest BCUT2D eigenvalue weighted by molar-refractivity contribution is 0.102. The maximum Gasteiger partial charge on any atom is 0.255 e. The molecule has 0 atom stereocenters. The normalized spacial score (nSPS) is 10.6. The second-order valence-corrected chi connectivity index (χ2v) is 8.41. The van der Waals surface area contributed by atoms with Crippen LogP contribution < -0.4 is 10.2 Å². The fraction of sp³-hybridized carbons (Fsp3) is 0.167. The van der Waals surface area contributed by atoms with Crippen molar-refractivity contribution < 1.29 is 9.90 Å². The molecule has 4 rings (SSSR count). The van der Waals surface area contributed by atoms with Gasteiger partial charge in [-0.15, -0.1) is 0 Å². The number of aryl methyl sites for hydroxylation is 1. The smallest absolute Gasteiger partial charge is 0.255 e. The van der Waals surface area contributed by atoms with E-state index in [1.165, 1.54) is 5.56 Å². The van der Waals surface area contributed by atoms with Gasteiger partial charge >= 0.3 is 0 Å². The van der Waals surface area contributed by atoms with Crippen LogP contribution in [0.2, 0.25) is 0 Å². The second kappa shape index (κ2) is 10.7. The highest BCUT2D eigenvalue weighted by molar-refractivity contribution is 6.05. The van der Waals surface area contributed by atoms with Gasteiger partial charge in [-0.25, -0.2) is 0 Å². The highest BCUT2D eigenvalue weighted by Crippen LogP contribution is 2.30. The van der Waals surface area contributed by atoms with Crippen molar-refractivity contribution in [1.82, 2.24) is 0 Å². The van der Waals surface area contributed by atoms with Crippen molar-refractivity contribution in [2.24, 2.45) is 0 Å². The third-order valence-electron chi connectivity index (χ3n) is 6.06. The number of nitrogens with one attached hydrogen (secondary N) is 1. The first-order chi connectivity index (χ1) is 16.5. The van der Waals surface area contributed by atoms with E-state index < -0.39 is 0 Å². The summed E-state index contributed by atoms with van der Waals surface area (Å²) in [6, 6.07) is 31.4. The van der Waals surface area contributed by atoms with E-state index in [-0.39, 0.29) is 11.7 Å². The summed E-state index contributed by atoms with van der Waals surface area (Å²) in [5, 5.41) is 13.2. The molecule has 0 saturated carbocycles. The Kier molecular flexibility index (Phi) is 7.28. The Hall–Kier alpha value is -4.05. The van der Waals surface area contributed by atoms with Crippen LogP contribution in [0, 0.1) is 0 Å². The van der Waals surface area contributed by atoms with E-state index in [0.29, 0.717) is 11.3 Å². The summed E-state index contributed by atoms with van der Waals surface area (Å²) in [7, 11) is 2.09. The summed E-state index contributed by atoms with van der Waals surface area (Å²) < 4.78 is 0. The fourth-order valence-electron chi connectivity index (χ4n) is 4.09. The van der Waals surface area contributed by atoms with Gasteiger partial charge < -0.3 is 15.3 Å². The van der Waals surface area contributed by atoms with Crippen LogP contribution in [0.5, 0.6) is 5.75 Å². The summed E-state index contributed by atoms with van der Waals surface area (Å²) in [6.07, 6.45) is 1.78. The van der Waals surface area contributed by atoms with Crippen molar-refractivity contribution in [1.29, 1.82) is 0 Å². The predicted molar refractivity (Wildman–Crippen MR) is 141 cm³/mol.